The molecule has 1 saturated heterocycles. The highest BCUT2D eigenvalue weighted by Gasteiger charge is 2.52. The van der Waals surface area contributed by atoms with E-state index in [2.05, 4.69) is 10.3 Å². The van der Waals surface area contributed by atoms with Crippen molar-refractivity contribution >= 4 is 29.3 Å². The summed E-state index contributed by atoms with van der Waals surface area (Å²) >= 11 is 0. The first-order valence-corrected chi connectivity index (χ1v) is 15.2. The lowest BCUT2D eigenvalue weighted by Gasteiger charge is -2.28. The number of unbranched alkanes of at least 4 members (excludes halogenated alkanes) is 1. The van der Waals surface area contributed by atoms with E-state index in [-0.39, 0.29) is 31.5 Å². The zero-order valence-corrected chi connectivity index (χ0v) is 25.5. The Bertz CT molecular complexity index is 1540. The Kier molecular flexibility index (Phi) is 9.94. The van der Waals surface area contributed by atoms with E-state index in [1.165, 1.54) is 12.0 Å². The number of amides is 2. The minimum absolute atomic E-state index is 0.0861. The highest BCUT2D eigenvalue weighted by Crippen LogP contribution is 2.47. The Morgan fingerprint density at radius 1 is 1.16 bits per heavy atom. The van der Waals surface area contributed by atoms with E-state index >= 15 is 0 Å². The number of aliphatic hydroxyl groups is 2. The molecule has 12 nitrogen and oxygen atoms in total. The van der Waals surface area contributed by atoms with Gasteiger partial charge in [0.1, 0.15) is 6.61 Å². The number of hydrogen-bond acceptors (Lipinski definition) is 9. The molecule has 0 spiro atoms. The summed E-state index contributed by atoms with van der Waals surface area (Å²) in [6.45, 7) is 3.18. The van der Waals surface area contributed by atoms with Gasteiger partial charge in [-0.05, 0) is 43.0 Å². The predicted molar refractivity (Wildman–Crippen MR) is 166 cm³/mol. The zero-order chi connectivity index (χ0) is 32.0. The average Bonchev–Trinajstić information content (AvgIpc) is 3.76. The molecule has 0 aliphatic carbocycles. The van der Waals surface area contributed by atoms with Gasteiger partial charge in [0.05, 0.1) is 37.6 Å². The molecule has 45 heavy (non-hydrogen) atoms. The molecule has 1 fully saturated rings. The summed E-state index contributed by atoms with van der Waals surface area (Å²) in [5, 5.41) is 30.5. The lowest BCUT2D eigenvalue weighted by Crippen LogP contribution is -2.44. The van der Waals surface area contributed by atoms with Crippen LogP contribution in [0.2, 0.25) is 0 Å². The van der Waals surface area contributed by atoms with Crippen molar-refractivity contribution in [2.24, 2.45) is 5.92 Å². The number of methoxy groups -OCH3 is 1. The molecule has 2 aromatic carbocycles. The van der Waals surface area contributed by atoms with Crippen molar-refractivity contribution < 1.29 is 34.1 Å². The highest BCUT2D eigenvalue weighted by molar-refractivity contribution is 6.08. The van der Waals surface area contributed by atoms with Crippen LogP contribution in [-0.2, 0) is 31.2 Å². The smallest absolute Gasteiger partial charge is 0.414 e. The molecule has 2 aliphatic heterocycles. The molecule has 2 N–H and O–H groups in total. The van der Waals surface area contributed by atoms with Crippen molar-refractivity contribution in [2.75, 3.05) is 43.2 Å². The molecule has 2 aliphatic rings. The van der Waals surface area contributed by atoms with Crippen LogP contribution in [0.1, 0.15) is 55.3 Å². The third kappa shape index (κ3) is 6.62. The van der Waals surface area contributed by atoms with Gasteiger partial charge in [-0.25, -0.2) is 4.79 Å². The minimum Gasteiger partial charge on any atom is -0.469 e. The zero-order valence-electron chi connectivity index (χ0n) is 25.5. The van der Waals surface area contributed by atoms with Crippen LogP contribution in [-0.4, -0.2) is 76.6 Å². The Labute approximate surface area is 261 Å². The number of benzene rings is 2. The summed E-state index contributed by atoms with van der Waals surface area (Å²) in [6, 6.07) is 14.8. The number of aromatic nitrogens is 3. The van der Waals surface area contributed by atoms with Gasteiger partial charge in [-0.15, -0.1) is 5.10 Å². The summed E-state index contributed by atoms with van der Waals surface area (Å²) in [5.41, 5.74) is 1.31. The number of ether oxygens (including phenoxy) is 2. The van der Waals surface area contributed by atoms with Gasteiger partial charge in [0.15, 0.2) is 5.60 Å². The minimum atomic E-state index is -1.86. The molecule has 3 atom stereocenters. The number of anilines is 2. The van der Waals surface area contributed by atoms with Crippen LogP contribution in [0.25, 0.3) is 0 Å². The Balaban J connectivity index is 1.30. The molecular weight excluding hydrogens is 578 g/mol. The van der Waals surface area contributed by atoms with Crippen molar-refractivity contribution in [3.8, 4) is 0 Å². The number of allylic oxidation sites excluding steroid dienone is 1. The van der Waals surface area contributed by atoms with Gasteiger partial charge in [-0.1, -0.05) is 54.6 Å². The van der Waals surface area contributed by atoms with Crippen molar-refractivity contribution in [1.29, 1.82) is 0 Å². The Morgan fingerprint density at radius 3 is 2.67 bits per heavy atom. The maximum Gasteiger partial charge on any atom is 0.414 e. The molecule has 0 bridgehead atoms. The average molecular weight is 618 g/mol. The monoisotopic (exact) mass is 617 g/mol. The van der Waals surface area contributed by atoms with Crippen LogP contribution in [0.5, 0.6) is 0 Å². The lowest BCUT2D eigenvalue weighted by atomic mass is 9.82. The van der Waals surface area contributed by atoms with Gasteiger partial charge in [0.2, 0.25) is 0 Å². The summed E-state index contributed by atoms with van der Waals surface area (Å²) in [5.74, 6) is -1.64. The first-order valence-electron chi connectivity index (χ1n) is 15.2. The largest absolute Gasteiger partial charge is 0.469 e. The first kappa shape index (κ1) is 31.9. The third-order valence-corrected chi connectivity index (χ3v) is 8.47. The fraction of sp³-hybridized carbons (Fsp3) is 0.424. The molecule has 0 saturated carbocycles. The second kappa shape index (κ2) is 14.0. The fourth-order valence-electron chi connectivity index (χ4n) is 5.88. The number of fused-ring (bicyclic) bond motifs is 1. The maximum atomic E-state index is 13.9. The SMILES string of the molecule is COC(=O)CCCCN1C(=O)[C@@](O)([C@@H](C)/C=C/CCn2cc(C(CO)c3ccccc3)nn2)c2cc(N3CCOC3=O)ccc21. The van der Waals surface area contributed by atoms with Crippen LogP contribution < -0.4 is 9.80 Å². The normalized spacial score (nSPS) is 19.2. The molecule has 3 aromatic rings. The highest BCUT2D eigenvalue weighted by atomic mass is 16.6. The van der Waals surface area contributed by atoms with E-state index in [9.17, 15) is 24.6 Å². The number of cyclic esters (lactones) is 1. The second-order valence-corrected chi connectivity index (χ2v) is 11.3. The predicted octanol–water partition coefficient (Wildman–Crippen LogP) is 3.52. The quantitative estimate of drug-likeness (QED) is 0.158. The van der Waals surface area contributed by atoms with Crippen molar-refractivity contribution in [3.05, 3.63) is 83.7 Å². The van der Waals surface area contributed by atoms with E-state index in [1.54, 1.807) is 34.7 Å². The molecule has 238 valence electrons. The molecule has 2 amide bonds. The van der Waals surface area contributed by atoms with E-state index in [0.29, 0.717) is 61.5 Å². The van der Waals surface area contributed by atoms with Crippen LogP contribution >= 0.6 is 0 Å². The number of esters is 1. The molecular formula is C33H39N5O7. The summed E-state index contributed by atoms with van der Waals surface area (Å²) < 4.78 is 11.5. The van der Waals surface area contributed by atoms with E-state index in [0.717, 1.165) is 5.56 Å². The number of carbonyl (C=O) groups is 3. The van der Waals surface area contributed by atoms with E-state index in [1.807, 2.05) is 48.7 Å². The van der Waals surface area contributed by atoms with Crippen LogP contribution in [0.4, 0.5) is 16.2 Å². The summed E-state index contributed by atoms with van der Waals surface area (Å²) in [4.78, 5) is 40.7. The number of nitrogens with zero attached hydrogens (tertiary/aromatic N) is 5. The number of aliphatic hydroxyl groups excluding tert-OH is 1. The molecule has 1 aromatic heterocycles. The first-order chi connectivity index (χ1) is 21.8. The van der Waals surface area contributed by atoms with E-state index in [4.69, 9.17) is 9.47 Å². The van der Waals surface area contributed by atoms with Crippen LogP contribution in [0, 0.1) is 5.92 Å². The van der Waals surface area contributed by atoms with Gasteiger partial charge in [-0.3, -0.25) is 19.2 Å². The Morgan fingerprint density at radius 2 is 1.96 bits per heavy atom. The molecule has 12 heteroatoms. The van der Waals surface area contributed by atoms with Gasteiger partial charge in [0.25, 0.3) is 5.91 Å². The van der Waals surface area contributed by atoms with Gasteiger partial charge < -0.3 is 24.6 Å². The van der Waals surface area contributed by atoms with E-state index < -0.39 is 23.5 Å². The lowest BCUT2D eigenvalue weighted by molar-refractivity contribution is -0.140. The number of aryl methyl sites for hydroxylation is 1. The third-order valence-electron chi connectivity index (χ3n) is 8.47. The molecule has 3 heterocycles. The van der Waals surface area contributed by atoms with Gasteiger partial charge in [0, 0.05) is 42.9 Å². The summed E-state index contributed by atoms with van der Waals surface area (Å²) in [7, 11) is 1.34. The van der Waals surface area contributed by atoms with Crippen LogP contribution in [0.3, 0.4) is 0 Å². The maximum absolute atomic E-state index is 13.9. The topological polar surface area (TPSA) is 147 Å². The van der Waals surface area contributed by atoms with Crippen molar-refractivity contribution in [1.82, 2.24) is 15.0 Å². The fourth-order valence-corrected chi connectivity index (χ4v) is 5.88. The van der Waals surface area contributed by atoms with Gasteiger partial charge in [-0.2, -0.15) is 0 Å². The molecule has 5 rings (SSSR count). The number of hydrogen-bond donors (Lipinski definition) is 2. The molecule has 0 radical (unpaired) electrons. The molecule has 1 unspecified atom stereocenters. The Hall–Kier alpha value is -4.55. The van der Waals surface area contributed by atoms with Crippen LogP contribution in [0.15, 0.2) is 66.9 Å². The standard InChI is InChI=1S/C33H39N5O7/c1-23(10-6-8-16-36-21-28(34-35-36)26(22-39)24-11-4-3-5-12-24)33(43)27-20-25(37-18-19-45-32(37)42)14-15-29(27)38(31(33)41)17-9-7-13-30(40)44-2/h3-6,10-12,14-15,20-21,23,26,39,43H,7-9,13,16-19,22H2,1-2H3/b10-6+/t23-,26?,33+/m0/s1. The van der Waals surface area contributed by atoms with Gasteiger partial charge >= 0.3 is 12.1 Å². The second-order valence-electron chi connectivity index (χ2n) is 11.3. The van der Waals surface area contributed by atoms with Crippen molar-refractivity contribution in [3.63, 3.8) is 0 Å². The summed E-state index contributed by atoms with van der Waals surface area (Å²) in [6.07, 6.45) is 6.95. The number of carbonyl (C=O) groups excluding carboxylic acids is 3. The number of rotatable bonds is 14. The van der Waals surface area contributed by atoms with Crippen molar-refractivity contribution in [2.45, 2.75) is 50.7 Å².